The summed E-state index contributed by atoms with van der Waals surface area (Å²) in [5.41, 5.74) is 5.71. The summed E-state index contributed by atoms with van der Waals surface area (Å²) in [6, 6.07) is 25.2. The smallest absolute Gasteiger partial charge is 0.280 e. The Morgan fingerprint density at radius 2 is 1.58 bits per heavy atom. The van der Waals surface area contributed by atoms with Crippen LogP contribution in [0, 0.1) is 0 Å². The van der Waals surface area contributed by atoms with Gasteiger partial charge in [-0.2, -0.15) is 5.10 Å². The summed E-state index contributed by atoms with van der Waals surface area (Å²) in [7, 11) is 0. The maximum Gasteiger partial charge on any atom is 0.280 e. The second kappa shape index (κ2) is 12.3. The Labute approximate surface area is 195 Å². The number of nitrogens with zero attached hydrogens (tertiary/aromatic N) is 2. The zero-order valence-corrected chi connectivity index (χ0v) is 19.4. The van der Waals surface area contributed by atoms with Crippen molar-refractivity contribution in [1.82, 2.24) is 5.43 Å². The van der Waals surface area contributed by atoms with Crippen LogP contribution >= 0.6 is 0 Å². The lowest BCUT2D eigenvalue weighted by Crippen LogP contribution is -2.33. The molecule has 1 N–H and O–H groups in total. The number of hydrogen-bond donors (Lipinski definition) is 1. The Kier molecular flexibility index (Phi) is 8.88. The highest BCUT2D eigenvalue weighted by atomic mass is 16.5. The van der Waals surface area contributed by atoms with Crippen LogP contribution in [0.15, 0.2) is 84.0 Å². The highest BCUT2D eigenvalue weighted by Gasteiger charge is 2.14. The van der Waals surface area contributed by atoms with Crippen molar-refractivity contribution in [3.8, 4) is 11.5 Å². The molecule has 0 bridgehead atoms. The summed E-state index contributed by atoms with van der Waals surface area (Å²) < 4.78 is 11.5. The molecule has 0 saturated heterocycles. The molecule has 0 spiro atoms. The van der Waals surface area contributed by atoms with Gasteiger partial charge in [-0.15, -0.1) is 0 Å². The van der Waals surface area contributed by atoms with Crippen molar-refractivity contribution < 1.29 is 14.3 Å². The Balaban J connectivity index is 1.45. The van der Waals surface area contributed by atoms with Crippen molar-refractivity contribution in [2.75, 3.05) is 18.0 Å². The van der Waals surface area contributed by atoms with E-state index in [-0.39, 0.29) is 5.91 Å². The molecule has 3 aromatic rings. The number of amides is 1. The molecule has 0 aliphatic carbocycles. The minimum absolute atomic E-state index is 0.324. The van der Waals surface area contributed by atoms with Crippen LogP contribution in [-0.2, 0) is 11.4 Å². The largest absolute Gasteiger partial charge is 0.489 e. The first-order valence-electron chi connectivity index (χ1n) is 11.2. The van der Waals surface area contributed by atoms with Crippen molar-refractivity contribution in [3.05, 3.63) is 90.0 Å². The van der Waals surface area contributed by atoms with Crippen molar-refractivity contribution in [2.24, 2.45) is 5.10 Å². The maximum absolute atomic E-state index is 12.3. The van der Waals surface area contributed by atoms with E-state index in [9.17, 15) is 4.79 Å². The molecule has 0 radical (unpaired) electrons. The number of anilines is 1. The van der Waals surface area contributed by atoms with Crippen molar-refractivity contribution in [2.45, 2.75) is 33.5 Å². The summed E-state index contributed by atoms with van der Waals surface area (Å²) in [5, 5.41) is 4.05. The number of hydrazone groups is 1. The number of carbonyl (C=O) groups excluding carboxylic acids is 1. The van der Waals surface area contributed by atoms with Gasteiger partial charge < -0.3 is 14.4 Å². The second-order valence-corrected chi connectivity index (χ2v) is 7.50. The Morgan fingerprint density at radius 3 is 2.21 bits per heavy atom. The van der Waals surface area contributed by atoms with Gasteiger partial charge in [0.25, 0.3) is 5.91 Å². The molecule has 0 saturated carbocycles. The lowest BCUT2D eigenvalue weighted by atomic mass is 10.2. The van der Waals surface area contributed by atoms with Crippen LogP contribution in [-0.4, -0.2) is 31.3 Å². The van der Waals surface area contributed by atoms with Gasteiger partial charge in [0, 0.05) is 18.8 Å². The number of carbonyl (C=O) groups is 1. The highest BCUT2D eigenvalue weighted by Crippen LogP contribution is 2.20. The maximum atomic E-state index is 12.3. The first kappa shape index (κ1) is 23.9. The average Bonchev–Trinajstić information content (AvgIpc) is 2.86. The molecule has 3 aromatic carbocycles. The molecule has 172 valence electrons. The van der Waals surface area contributed by atoms with Gasteiger partial charge in [0.2, 0.25) is 0 Å². The molecule has 33 heavy (non-hydrogen) atoms. The molecule has 6 nitrogen and oxygen atoms in total. The Morgan fingerprint density at radius 1 is 0.939 bits per heavy atom. The molecule has 6 heteroatoms. The third-order valence-electron chi connectivity index (χ3n) is 5.16. The normalized spacial score (nSPS) is 11.7. The van der Waals surface area contributed by atoms with Crippen molar-refractivity contribution in [1.29, 1.82) is 0 Å². The number of rotatable bonds is 11. The SMILES string of the molecule is CCN(CC)c1ccc(C=NNC(=O)C(C)Oc2ccc(OCc3ccccc3)cc2)cc1. The van der Waals surface area contributed by atoms with Gasteiger partial charge in [0.1, 0.15) is 18.1 Å². The highest BCUT2D eigenvalue weighted by molar-refractivity contribution is 5.84. The van der Waals surface area contributed by atoms with E-state index in [0.29, 0.717) is 12.4 Å². The van der Waals surface area contributed by atoms with E-state index in [1.165, 1.54) is 5.69 Å². The quantitative estimate of drug-likeness (QED) is 0.332. The lowest BCUT2D eigenvalue weighted by molar-refractivity contribution is -0.127. The predicted octanol–water partition coefficient (Wildman–Crippen LogP) is 5.03. The second-order valence-electron chi connectivity index (χ2n) is 7.50. The molecular formula is C27H31N3O3. The number of ether oxygens (including phenoxy) is 2. The van der Waals surface area contributed by atoms with E-state index >= 15 is 0 Å². The zero-order chi connectivity index (χ0) is 23.5. The lowest BCUT2D eigenvalue weighted by Gasteiger charge is -2.20. The van der Waals surface area contributed by atoms with Gasteiger partial charge in [-0.05, 0) is 68.3 Å². The topological polar surface area (TPSA) is 63.2 Å². The van der Waals surface area contributed by atoms with Crippen molar-refractivity contribution in [3.63, 3.8) is 0 Å². The fourth-order valence-electron chi connectivity index (χ4n) is 3.23. The zero-order valence-electron chi connectivity index (χ0n) is 19.4. The van der Waals surface area contributed by atoms with E-state index < -0.39 is 6.10 Å². The van der Waals surface area contributed by atoms with Gasteiger partial charge >= 0.3 is 0 Å². The average molecular weight is 446 g/mol. The standard InChI is InChI=1S/C27H31N3O3/c1-4-30(5-2)24-13-11-22(12-14-24)19-28-29-27(31)21(3)33-26-17-15-25(16-18-26)32-20-23-9-7-6-8-10-23/h6-19,21H,4-5,20H2,1-3H3,(H,29,31). The summed E-state index contributed by atoms with van der Waals surface area (Å²) in [4.78, 5) is 14.6. The van der Waals surface area contributed by atoms with E-state index in [1.807, 2.05) is 54.6 Å². The van der Waals surface area contributed by atoms with Crippen molar-refractivity contribution >= 4 is 17.8 Å². The fraction of sp³-hybridized carbons (Fsp3) is 0.259. The van der Waals surface area contributed by atoms with Crippen LogP contribution in [0.25, 0.3) is 0 Å². The molecule has 1 unspecified atom stereocenters. The minimum atomic E-state index is -0.691. The molecule has 0 fully saturated rings. The predicted molar refractivity (Wildman–Crippen MR) is 133 cm³/mol. The number of nitrogens with one attached hydrogen (secondary N) is 1. The molecule has 0 aromatic heterocycles. The number of hydrogen-bond acceptors (Lipinski definition) is 5. The van der Waals surface area contributed by atoms with E-state index in [4.69, 9.17) is 9.47 Å². The van der Waals surface area contributed by atoms with Crippen LogP contribution in [0.5, 0.6) is 11.5 Å². The molecule has 3 rings (SSSR count). The summed E-state index contributed by atoms with van der Waals surface area (Å²) in [6.07, 6.45) is 0.929. The van der Waals surface area contributed by atoms with E-state index in [0.717, 1.165) is 30.0 Å². The molecule has 0 aliphatic rings. The van der Waals surface area contributed by atoms with Crippen LogP contribution in [0.3, 0.4) is 0 Å². The van der Waals surface area contributed by atoms with Crippen LogP contribution in [0.2, 0.25) is 0 Å². The Hall–Kier alpha value is -3.80. The fourth-order valence-corrected chi connectivity index (χ4v) is 3.23. The van der Waals surface area contributed by atoms with Crippen LogP contribution in [0.1, 0.15) is 31.9 Å². The third kappa shape index (κ3) is 7.38. The summed E-state index contributed by atoms with van der Waals surface area (Å²) in [6.45, 7) is 8.36. The molecule has 1 amide bonds. The van der Waals surface area contributed by atoms with Crippen LogP contribution < -0.4 is 19.8 Å². The van der Waals surface area contributed by atoms with E-state index in [1.54, 1.807) is 25.3 Å². The molecular weight excluding hydrogens is 414 g/mol. The summed E-state index contributed by atoms with van der Waals surface area (Å²) in [5.74, 6) is 0.996. The Bertz CT molecular complexity index is 1010. The molecule has 0 aliphatic heterocycles. The third-order valence-corrected chi connectivity index (χ3v) is 5.16. The molecule has 0 heterocycles. The molecule has 1 atom stereocenters. The summed E-state index contributed by atoms with van der Waals surface area (Å²) >= 11 is 0. The first-order valence-corrected chi connectivity index (χ1v) is 11.2. The first-order chi connectivity index (χ1) is 16.1. The van der Waals surface area contributed by atoms with Crippen LogP contribution in [0.4, 0.5) is 5.69 Å². The number of benzene rings is 3. The van der Waals surface area contributed by atoms with Gasteiger partial charge in [-0.3, -0.25) is 4.79 Å². The van der Waals surface area contributed by atoms with Gasteiger partial charge in [-0.25, -0.2) is 5.43 Å². The van der Waals surface area contributed by atoms with Gasteiger partial charge in [0.05, 0.1) is 6.21 Å². The van der Waals surface area contributed by atoms with Gasteiger partial charge in [0.15, 0.2) is 6.10 Å². The van der Waals surface area contributed by atoms with Gasteiger partial charge in [-0.1, -0.05) is 42.5 Å². The monoisotopic (exact) mass is 445 g/mol. The van der Waals surface area contributed by atoms with E-state index in [2.05, 4.69) is 41.4 Å². The minimum Gasteiger partial charge on any atom is -0.489 e.